The summed E-state index contributed by atoms with van der Waals surface area (Å²) < 4.78 is 43.7. The van der Waals surface area contributed by atoms with Crippen LogP contribution in [-0.4, -0.2) is 10.2 Å². The van der Waals surface area contributed by atoms with E-state index in [1.54, 1.807) is 6.92 Å². The van der Waals surface area contributed by atoms with Crippen LogP contribution >= 0.6 is 11.6 Å². The van der Waals surface area contributed by atoms with Crippen LogP contribution in [0.1, 0.15) is 18.2 Å². The Morgan fingerprint density at radius 2 is 1.76 bits per heavy atom. The van der Waals surface area contributed by atoms with Gasteiger partial charge in [0.1, 0.15) is 5.38 Å². The third kappa shape index (κ3) is 2.26. The molecule has 3 nitrogen and oxygen atoms in total. The highest BCUT2D eigenvalue weighted by atomic mass is 35.5. The maximum atomic E-state index is 13.0. The fraction of sp³-hybridized carbons (Fsp3) is 0.200. The molecule has 1 aromatic heterocycles. The maximum absolute atomic E-state index is 13.0. The van der Waals surface area contributed by atoms with Crippen molar-refractivity contribution in [2.75, 3.05) is 0 Å². The van der Waals surface area contributed by atoms with Crippen LogP contribution in [0.3, 0.4) is 0 Å². The topological polar surface area (TPSA) is 38.9 Å². The minimum atomic E-state index is -1.54. The molecule has 0 bridgehead atoms. The molecule has 0 aliphatic heterocycles. The lowest BCUT2D eigenvalue weighted by Crippen LogP contribution is -1.91. The van der Waals surface area contributed by atoms with Crippen molar-refractivity contribution in [1.29, 1.82) is 0 Å². The van der Waals surface area contributed by atoms with Gasteiger partial charge in [-0.15, -0.1) is 21.8 Å². The average molecular weight is 263 g/mol. The predicted octanol–water partition coefficient (Wildman–Crippen LogP) is 3.45. The van der Waals surface area contributed by atoms with Crippen LogP contribution in [0.15, 0.2) is 16.5 Å². The van der Waals surface area contributed by atoms with Gasteiger partial charge in [0.15, 0.2) is 17.5 Å². The molecular formula is C10H6ClF3N2O. The first-order valence-corrected chi connectivity index (χ1v) is 5.05. The highest BCUT2D eigenvalue weighted by Crippen LogP contribution is 2.25. The Morgan fingerprint density at radius 3 is 2.24 bits per heavy atom. The van der Waals surface area contributed by atoms with Crippen molar-refractivity contribution in [1.82, 2.24) is 10.2 Å². The minimum Gasteiger partial charge on any atom is -0.419 e. The van der Waals surface area contributed by atoms with Crippen molar-refractivity contribution in [2.45, 2.75) is 12.3 Å². The molecular weight excluding hydrogens is 257 g/mol. The van der Waals surface area contributed by atoms with E-state index in [1.165, 1.54) is 0 Å². The van der Waals surface area contributed by atoms with Crippen LogP contribution in [0.4, 0.5) is 13.2 Å². The smallest absolute Gasteiger partial charge is 0.248 e. The Labute approximate surface area is 99.2 Å². The summed E-state index contributed by atoms with van der Waals surface area (Å²) in [6, 6.07) is 1.54. The van der Waals surface area contributed by atoms with Gasteiger partial charge in [-0.3, -0.25) is 0 Å². The van der Waals surface area contributed by atoms with Crippen LogP contribution in [-0.2, 0) is 0 Å². The van der Waals surface area contributed by atoms with Gasteiger partial charge in [-0.1, -0.05) is 0 Å². The van der Waals surface area contributed by atoms with Crippen molar-refractivity contribution in [3.63, 3.8) is 0 Å². The Kier molecular flexibility index (Phi) is 3.06. The standard InChI is InChI=1S/C10H6ClF3N2O/c1-4(11)9-15-16-10(17-9)5-2-6(12)8(14)7(13)3-5/h2-4H,1H3. The maximum Gasteiger partial charge on any atom is 0.248 e. The number of benzene rings is 1. The van der Waals surface area contributed by atoms with Gasteiger partial charge in [-0.05, 0) is 19.1 Å². The molecule has 0 fully saturated rings. The van der Waals surface area contributed by atoms with Crippen molar-refractivity contribution < 1.29 is 17.6 Å². The molecule has 1 aromatic carbocycles. The van der Waals surface area contributed by atoms with E-state index in [0.29, 0.717) is 0 Å². The Morgan fingerprint density at radius 1 is 1.18 bits per heavy atom. The molecule has 0 radical (unpaired) electrons. The van der Waals surface area contributed by atoms with Gasteiger partial charge in [0.05, 0.1) is 0 Å². The molecule has 7 heteroatoms. The van der Waals surface area contributed by atoms with Crippen molar-refractivity contribution in [3.8, 4) is 11.5 Å². The van der Waals surface area contributed by atoms with E-state index in [2.05, 4.69) is 10.2 Å². The van der Waals surface area contributed by atoms with Crippen LogP contribution in [0.25, 0.3) is 11.5 Å². The zero-order valence-electron chi connectivity index (χ0n) is 8.55. The predicted molar refractivity (Wildman–Crippen MR) is 53.9 cm³/mol. The molecule has 0 N–H and O–H groups in total. The largest absolute Gasteiger partial charge is 0.419 e. The molecule has 1 unspecified atom stereocenters. The van der Waals surface area contributed by atoms with Crippen molar-refractivity contribution in [3.05, 3.63) is 35.5 Å². The first kappa shape index (κ1) is 11.9. The minimum absolute atomic E-state index is 0.0440. The fourth-order valence-corrected chi connectivity index (χ4v) is 1.28. The molecule has 0 aliphatic carbocycles. The van der Waals surface area contributed by atoms with Gasteiger partial charge < -0.3 is 4.42 Å². The monoisotopic (exact) mass is 262 g/mol. The van der Waals surface area contributed by atoms with E-state index in [-0.39, 0.29) is 17.3 Å². The van der Waals surface area contributed by atoms with E-state index >= 15 is 0 Å². The summed E-state index contributed by atoms with van der Waals surface area (Å²) in [7, 11) is 0. The van der Waals surface area contributed by atoms with Gasteiger partial charge in [-0.2, -0.15) is 0 Å². The van der Waals surface area contributed by atoms with Gasteiger partial charge in [0, 0.05) is 5.56 Å². The number of nitrogens with zero attached hydrogens (tertiary/aromatic N) is 2. The summed E-state index contributed by atoms with van der Waals surface area (Å²) in [6.07, 6.45) is 0. The lowest BCUT2D eigenvalue weighted by atomic mass is 10.2. The number of hydrogen-bond donors (Lipinski definition) is 0. The number of halogens is 4. The molecule has 2 rings (SSSR count). The highest BCUT2D eigenvalue weighted by molar-refractivity contribution is 6.20. The fourth-order valence-electron chi connectivity index (χ4n) is 1.19. The summed E-state index contributed by atoms with van der Waals surface area (Å²) in [5.41, 5.74) is -0.0440. The number of rotatable bonds is 2. The van der Waals surface area contributed by atoms with Gasteiger partial charge in [-0.25, -0.2) is 13.2 Å². The zero-order chi connectivity index (χ0) is 12.6. The summed E-state index contributed by atoms with van der Waals surface area (Å²) in [6.45, 7) is 1.60. The SMILES string of the molecule is CC(Cl)c1nnc(-c2cc(F)c(F)c(F)c2)o1. The first-order valence-electron chi connectivity index (χ1n) is 4.61. The highest BCUT2D eigenvalue weighted by Gasteiger charge is 2.17. The first-order chi connectivity index (χ1) is 7.99. The zero-order valence-corrected chi connectivity index (χ0v) is 9.30. The molecule has 0 saturated heterocycles. The molecule has 1 atom stereocenters. The molecule has 0 spiro atoms. The van der Waals surface area contributed by atoms with E-state index in [9.17, 15) is 13.2 Å². The molecule has 0 aliphatic rings. The van der Waals surface area contributed by atoms with E-state index in [1.807, 2.05) is 0 Å². The molecule has 2 aromatic rings. The number of alkyl halides is 1. The molecule has 17 heavy (non-hydrogen) atoms. The van der Waals surface area contributed by atoms with E-state index in [4.69, 9.17) is 16.0 Å². The third-order valence-electron chi connectivity index (χ3n) is 2.01. The van der Waals surface area contributed by atoms with Gasteiger partial charge in [0.25, 0.3) is 0 Å². The van der Waals surface area contributed by atoms with Crippen LogP contribution in [0.2, 0.25) is 0 Å². The number of hydrogen-bond acceptors (Lipinski definition) is 3. The third-order valence-corrected chi connectivity index (χ3v) is 2.20. The molecule has 90 valence electrons. The number of aromatic nitrogens is 2. The van der Waals surface area contributed by atoms with Crippen molar-refractivity contribution >= 4 is 11.6 Å². The van der Waals surface area contributed by atoms with Crippen LogP contribution < -0.4 is 0 Å². The van der Waals surface area contributed by atoms with Crippen LogP contribution in [0, 0.1) is 17.5 Å². The Balaban J connectivity index is 2.46. The quantitative estimate of drug-likeness (QED) is 0.615. The molecule has 0 saturated carbocycles. The second-order valence-corrected chi connectivity index (χ2v) is 3.97. The average Bonchev–Trinajstić information content (AvgIpc) is 2.74. The Hall–Kier alpha value is -1.56. The molecule has 0 amide bonds. The van der Waals surface area contributed by atoms with Crippen molar-refractivity contribution in [2.24, 2.45) is 0 Å². The second kappa shape index (κ2) is 4.37. The summed E-state index contributed by atoms with van der Waals surface area (Å²) in [5, 5.41) is 6.63. The Bertz CT molecular complexity index is 533. The molecule has 1 heterocycles. The summed E-state index contributed by atoms with van der Waals surface area (Å²) in [5.74, 6) is -4.19. The lowest BCUT2D eigenvalue weighted by Gasteiger charge is -1.98. The van der Waals surface area contributed by atoms with E-state index in [0.717, 1.165) is 12.1 Å². The lowest BCUT2D eigenvalue weighted by molar-refractivity contribution is 0.446. The summed E-state index contributed by atoms with van der Waals surface area (Å²) >= 11 is 5.69. The van der Waals surface area contributed by atoms with Gasteiger partial charge in [0.2, 0.25) is 11.8 Å². The second-order valence-electron chi connectivity index (χ2n) is 3.32. The van der Waals surface area contributed by atoms with E-state index < -0.39 is 22.8 Å². The summed E-state index contributed by atoms with van der Waals surface area (Å²) in [4.78, 5) is 0. The normalized spacial score (nSPS) is 12.8. The van der Waals surface area contributed by atoms with Crippen LogP contribution in [0.5, 0.6) is 0 Å². The van der Waals surface area contributed by atoms with Gasteiger partial charge >= 0.3 is 0 Å².